The molecule has 3 rings (SSSR count). The van der Waals surface area contributed by atoms with E-state index >= 15 is 0 Å². The van der Waals surface area contributed by atoms with Crippen LogP contribution in [0.4, 0.5) is 0 Å². The lowest BCUT2D eigenvalue weighted by Gasteiger charge is -2.08. The van der Waals surface area contributed by atoms with E-state index in [-0.39, 0.29) is 6.61 Å². The minimum Gasteiger partial charge on any atom is -0.392 e. The molecule has 0 aliphatic carbocycles. The van der Waals surface area contributed by atoms with Crippen LogP contribution >= 0.6 is 15.9 Å². The normalized spacial score (nSPS) is 11.4. The number of aryl methyl sites for hydroxylation is 2. The Hall–Kier alpha value is -1.66. The van der Waals surface area contributed by atoms with Gasteiger partial charge in [0.2, 0.25) is 0 Å². The molecule has 5 nitrogen and oxygen atoms in total. The van der Waals surface area contributed by atoms with Crippen molar-refractivity contribution in [3.05, 3.63) is 46.0 Å². The number of nitrogens with zero attached hydrogens (tertiary/aromatic N) is 4. The lowest BCUT2D eigenvalue weighted by molar-refractivity contribution is 0.283. The third kappa shape index (κ3) is 2.38. The van der Waals surface area contributed by atoms with E-state index < -0.39 is 0 Å². The molecule has 21 heavy (non-hydrogen) atoms. The first-order valence-electron chi connectivity index (χ1n) is 6.91. The average molecular weight is 349 g/mol. The van der Waals surface area contributed by atoms with Crippen molar-refractivity contribution in [2.24, 2.45) is 0 Å². The van der Waals surface area contributed by atoms with Crippen LogP contribution in [-0.2, 0) is 19.7 Å². The highest BCUT2D eigenvalue weighted by Crippen LogP contribution is 2.25. The third-order valence-corrected chi connectivity index (χ3v) is 4.69. The van der Waals surface area contributed by atoms with Crippen LogP contribution in [0.15, 0.2) is 29.0 Å². The summed E-state index contributed by atoms with van der Waals surface area (Å²) in [5, 5.41) is 15.0. The SMILES string of the molecule is CCn1nc(C)c(Br)c1Cn1cc(CO)c2cccnc21. The van der Waals surface area contributed by atoms with Gasteiger partial charge in [-0.25, -0.2) is 4.98 Å². The summed E-state index contributed by atoms with van der Waals surface area (Å²) in [6.45, 7) is 5.57. The predicted octanol–water partition coefficient (Wildman–Crippen LogP) is 2.86. The van der Waals surface area contributed by atoms with Gasteiger partial charge in [-0.05, 0) is 41.9 Å². The van der Waals surface area contributed by atoms with Crippen molar-refractivity contribution in [2.45, 2.75) is 33.5 Å². The van der Waals surface area contributed by atoms with E-state index in [2.05, 4.69) is 37.5 Å². The molecule has 0 saturated heterocycles. The monoisotopic (exact) mass is 348 g/mol. The van der Waals surface area contributed by atoms with E-state index in [1.807, 2.05) is 29.9 Å². The van der Waals surface area contributed by atoms with Crippen LogP contribution in [-0.4, -0.2) is 24.4 Å². The quantitative estimate of drug-likeness (QED) is 0.788. The van der Waals surface area contributed by atoms with Crippen LogP contribution in [0.5, 0.6) is 0 Å². The standard InChI is InChI=1S/C15H17BrN4O/c1-3-20-13(14(16)10(2)18-20)8-19-7-11(9-21)12-5-4-6-17-15(12)19/h4-7,21H,3,8-9H2,1-2H3. The first kappa shape index (κ1) is 14.3. The molecule has 110 valence electrons. The van der Waals surface area contributed by atoms with Gasteiger partial charge in [0.1, 0.15) is 5.65 Å². The van der Waals surface area contributed by atoms with Gasteiger partial charge in [0, 0.05) is 29.9 Å². The maximum absolute atomic E-state index is 9.51. The Morgan fingerprint density at radius 2 is 2.19 bits per heavy atom. The molecule has 0 radical (unpaired) electrons. The maximum Gasteiger partial charge on any atom is 0.140 e. The molecule has 0 fully saturated rings. The molecule has 0 saturated carbocycles. The number of hydrogen-bond donors (Lipinski definition) is 1. The number of rotatable bonds is 4. The average Bonchev–Trinajstić information content (AvgIpc) is 3.00. The van der Waals surface area contributed by atoms with Gasteiger partial charge in [-0.15, -0.1) is 0 Å². The van der Waals surface area contributed by atoms with Crippen molar-refractivity contribution in [2.75, 3.05) is 0 Å². The zero-order valence-electron chi connectivity index (χ0n) is 12.0. The largest absolute Gasteiger partial charge is 0.392 e. The summed E-state index contributed by atoms with van der Waals surface area (Å²) in [7, 11) is 0. The lowest BCUT2D eigenvalue weighted by atomic mass is 10.2. The molecule has 0 aromatic carbocycles. The van der Waals surface area contributed by atoms with Gasteiger partial charge in [-0.2, -0.15) is 5.10 Å². The van der Waals surface area contributed by atoms with Crippen molar-refractivity contribution < 1.29 is 5.11 Å². The molecule has 6 heteroatoms. The Morgan fingerprint density at radius 3 is 2.90 bits per heavy atom. The molecular formula is C15H17BrN4O. The molecule has 0 aliphatic rings. The highest BCUT2D eigenvalue weighted by molar-refractivity contribution is 9.10. The van der Waals surface area contributed by atoms with Crippen LogP contribution < -0.4 is 0 Å². The molecule has 0 spiro atoms. The molecule has 3 heterocycles. The number of halogens is 1. The van der Waals surface area contributed by atoms with Crippen LogP contribution in [0.2, 0.25) is 0 Å². The summed E-state index contributed by atoms with van der Waals surface area (Å²) in [6, 6.07) is 3.88. The van der Waals surface area contributed by atoms with E-state index in [4.69, 9.17) is 0 Å². The second-order valence-electron chi connectivity index (χ2n) is 4.98. The van der Waals surface area contributed by atoms with Gasteiger partial charge in [-0.3, -0.25) is 4.68 Å². The minimum atomic E-state index is 0.0163. The summed E-state index contributed by atoms with van der Waals surface area (Å²) in [5.41, 5.74) is 3.88. The molecule has 3 aromatic rings. The summed E-state index contributed by atoms with van der Waals surface area (Å²) >= 11 is 3.62. The number of fused-ring (bicyclic) bond motifs is 1. The van der Waals surface area contributed by atoms with Gasteiger partial charge < -0.3 is 9.67 Å². The van der Waals surface area contributed by atoms with Crippen molar-refractivity contribution >= 4 is 27.0 Å². The first-order valence-corrected chi connectivity index (χ1v) is 7.70. The van der Waals surface area contributed by atoms with Crippen LogP contribution in [0.3, 0.4) is 0 Å². The Morgan fingerprint density at radius 1 is 1.38 bits per heavy atom. The Labute approximate surface area is 131 Å². The summed E-state index contributed by atoms with van der Waals surface area (Å²) in [5.74, 6) is 0. The topological polar surface area (TPSA) is 55.9 Å². The minimum absolute atomic E-state index is 0.0163. The Balaban J connectivity index is 2.10. The van der Waals surface area contributed by atoms with E-state index in [1.165, 1.54) is 0 Å². The highest BCUT2D eigenvalue weighted by atomic mass is 79.9. The van der Waals surface area contributed by atoms with Crippen molar-refractivity contribution in [3.8, 4) is 0 Å². The molecule has 0 atom stereocenters. The van der Waals surface area contributed by atoms with Crippen molar-refractivity contribution in [1.29, 1.82) is 0 Å². The Bertz CT molecular complexity index is 790. The molecule has 1 N–H and O–H groups in total. The van der Waals surface area contributed by atoms with Crippen LogP contribution in [0.1, 0.15) is 23.9 Å². The van der Waals surface area contributed by atoms with Gasteiger partial charge in [0.15, 0.2) is 0 Å². The highest BCUT2D eigenvalue weighted by Gasteiger charge is 2.15. The first-order chi connectivity index (χ1) is 10.2. The fourth-order valence-corrected chi connectivity index (χ4v) is 3.03. The smallest absolute Gasteiger partial charge is 0.140 e. The van der Waals surface area contributed by atoms with E-state index in [1.54, 1.807) is 6.20 Å². The van der Waals surface area contributed by atoms with Gasteiger partial charge in [0.05, 0.1) is 29.0 Å². The van der Waals surface area contributed by atoms with Gasteiger partial charge in [0.25, 0.3) is 0 Å². The molecule has 3 aromatic heterocycles. The predicted molar refractivity (Wildman–Crippen MR) is 85.1 cm³/mol. The van der Waals surface area contributed by atoms with Crippen molar-refractivity contribution in [1.82, 2.24) is 19.3 Å². The zero-order valence-corrected chi connectivity index (χ0v) is 13.6. The van der Waals surface area contributed by atoms with E-state index in [0.29, 0.717) is 6.54 Å². The van der Waals surface area contributed by atoms with E-state index in [9.17, 15) is 5.11 Å². The van der Waals surface area contributed by atoms with Crippen LogP contribution in [0.25, 0.3) is 11.0 Å². The second-order valence-corrected chi connectivity index (χ2v) is 5.77. The molecule has 0 unspecified atom stereocenters. The zero-order chi connectivity index (χ0) is 15.0. The fourth-order valence-electron chi connectivity index (χ4n) is 2.62. The fraction of sp³-hybridized carbons (Fsp3) is 0.333. The number of aromatic nitrogens is 4. The number of pyridine rings is 1. The number of hydrogen-bond acceptors (Lipinski definition) is 3. The van der Waals surface area contributed by atoms with Gasteiger partial charge >= 0.3 is 0 Å². The lowest BCUT2D eigenvalue weighted by Crippen LogP contribution is -2.08. The summed E-state index contributed by atoms with van der Waals surface area (Å²) in [6.07, 6.45) is 3.74. The molecule has 0 aliphatic heterocycles. The number of aliphatic hydroxyl groups is 1. The van der Waals surface area contributed by atoms with Crippen LogP contribution in [0, 0.1) is 6.92 Å². The molecule has 0 bridgehead atoms. The molecule has 0 amide bonds. The van der Waals surface area contributed by atoms with Gasteiger partial charge in [-0.1, -0.05) is 0 Å². The second kappa shape index (κ2) is 5.61. The Kier molecular flexibility index (Phi) is 3.82. The third-order valence-electron chi connectivity index (χ3n) is 3.66. The maximum atomic E-state index is 9.51. The van der Waals surface area contributed by atoms with E-state index in [0.717, 1.165) is 39.0 Å². The summed E-state index contributed by atoms with van der Waals surface area (Å²) < 4.78 is 5.09. The molecular weight excluding hydrogens is 332 g/mol. The van der Waals surface area contributed by atoms with Crippen molar-refractivity contribution in [3.63, 3.8) is 0 Å². The summed E-state index contributed by atoms with van der Waals surface area (Å²) in [4.78, 5) is 4.44. The number of aliphatic hydroxyl groups excluding tert-OH is 1.